The Balaban J connectivity index is 1.86. The van der Waals surface area contributed by atoms with Crippen molar-refractivity contribution in [3.63, 3.8) is 0 Å². The molecule has 0 saturated heterocycles. The Hall–Kier alpha value is -2.84. The van der Waals surface area contributed by atoms with Gasteiger partial charge in [-0.2, -0.15) is 0 Å². The van der Waals surface area contributed by atoms with E-state index in [1.54, 1.807) is 48.9 Å². The molecule has 0 fully saturated rings. The molecule has 0 amide bonds. The first kappa shape index (κ1) is 17.5. The number of aromatic nitrogens is 2. The molecule has 8 heteroatoms. The van der Waals surface area contributed by atoms with E-state index in [-0.39, 0.29) is 12.8 Å². The van der Waals surface area contributed by atoms with Crippen LogP contribution in [0, 0.1) is 0 Å². The van der Waals surface area contributed by atoms with Gasteiger partial charge in [-0.15, -0.1) is 5.48 Å². The molecule has 4 N–H and O–H groups in total. The summed E-state index contributed by atoms with van der Waals surface area (Å²) in [5, 5.41) is 9.20. The number of nitrogens with one attached hydrogen (secondary N) is 1. The molecule has 0 spiro atoms. The summed E-state index contributed by atoms with van der Waals surface area (Å²) >= 11 is 0. The van der Waals surface area contributed by atoms with Crippen molar-refractivity contribution in [1.82, 2.24) is 15.4 Å². The lowest BCUT2D eigenvalue weighted by Gasteiger charge is -2.16. The number of carbonyl (C=O) groups is 2. The molecule has 2 heterocycles. The molecule has 2 rings (SSSR count). The number of nitrogens with two attached hydrogens (primary N) is 1. The van der Waals surface area contributed by atoms with Gasteiger partial charge in [0.25, 0.3) is 0 Å². The van der Waals surface area contributed by atoms with Crippen LogP contribution in [0.15, 0.2) is 48.9 Å². The predicted octanol–water partition coefficient (Wildman–Crippen LogP) is 0.0901. The van der Waals surface area contributed by atoms with Crippen LogP contribution in [0.1, 0.15) is 11.3 Å². The summed E-state index contributed by atoms with van der Waals surface area (Å²) in [6.45, 7) is 0. The topological polar surface area (TPSA) is 127 Å². The Morgan fingerprint density at radius 3 is 2.67 bits per heavy atom. The van der Waals surface area contributed by atoms with E-state index in [0.717, 1.165) is 5.56 Å². The van der Waals surface area contributed by atoms with Crippen LogP contribution in [0.5, 0.6) is 0 Å². The zero-order valence-electron chi connectivity index (χ0n) is 12.8. The molecule has 0 aliphatic rings. The average Bonchev–Trinajstić information content (AvgIpc) is 2.59. The van der Waals surface area contributed by atoms with Gasteiger partial charge in [-0.3, -0.25) is 14.8 Å². The van der Waals surface area contributed by atoms with Crippen molar-refractivity contribution in [1.29, 1.82) is 0 Å². The molecule has 0 aliphatic carbocycles. The van der Waals surface area contributed by atoms with Crippen LogP contribution >= 0.6 is 0 Å². The lowest BCUT2D eigenvalue weighted by molar-refractivity contribution is -0.159. The summed E-state index contributed by atoms with van der Waals surface area (Å²) in [7, 11) is 0. The third-order valence-corrected chi connectivity index (χ3v) is 3.22. The molecule has 0 radical (unpaired) electrons. The summed E-state index contributed by atoms with van der Waals surface area (Å²) in [4.78, 5) is 35.9. The molecule has 0 aromatic carbocycles. The first-order valence-corrected chi connectivity index (χ1v) is 7.29. The van der Waals surface area contributed by atoms with Crippen LogP contribution in [0.3, 0.4) is 0 Å². The summed E-state index contributed by atoms with van der Waals surface area (Å²) in [5.74, 6) is -1.90. The van der Waals surface area contributed by atoms with Gasteiger partial charge in [0, 0.05) is 30.7 Å². The molecule has 0 bridgehead atoms. The van der Waals surface area contributed by atoms with Gasteiger partial charge in [0.2, 0.25) is 0 Å². The third-order valence-electron chi connectivity index (χ3n) is 3.22. The van der Waals surface area contributed by atoms with E-state index >= 15 is 0 Å². The fourth-order valence-electron chi connectivity index (χ4n) is 1.97. The normalized spacial score (nSPS) is 13.0. The number of carboxylic acids is 1. The lowest BCUT2D eigenvalue weighted by atomic mass is 10.1. The summed E-state index contributed by atoms with van der Waals surface area (Å²) in [6, 6.07) is 6.64. The minimum atomic E-state index is -1.16. The van der Waals surface area contributed by atoms with E-state index < -0.39 is 24.0 Å². The average molecular weight is 330 g/mol. The molecule has 8 nitrogen and oxygen atoms in total. The fourth-order valence-corrected chi connectivity index (χ4v) is 1.97. The quantitative estimate of drug-likeness (QED) is 0.581. The van der Waals surface area contributed by atoms with Crippen molar-refractivity contribution in [2.45, 2.75) is 24.9 Å². The SMILES string of the molecule is N[C@@H](Cc1cccnc1)C(=O)ON[C@@H](Cc1ccccn1)C(=O)O. The van der Waals surface area contributed by atoms with Crippen LogP contribution in [-0.2, 0) is 27.3 Å². The van der Waals surface area contributed by atoms with E-state index in [4.69, 9.17) is 10.6 Å². The summed E-state index contributed by atoms with van der Waals surface area (Å²) in [6.07, 6.45) is 5.09. The Morgan fingerprint density at radius 1 is 1.21 bits per heavy atom. The van der Waals surface area contributed by atoms with Crippen LogP contribution in [0.25, 0.3) is 0 Å². The second-order valence-electron chi connectivity index (χ2n) is 5.13. The van der Waals surface area contributed by atoms with Gasteiger partial charge in [-0.05, 0) is 30.2 Å². The van der Waals surface area contributed by atoms with Gasteiger partial charge in [0.05, 0.1) is 0 Å². The van der Waals surface area contributed by atoms with Gasteiger partial charge in [0.15, 0.2) is 0 Å². The zero-order chi connectivity index (χ0) is 17.4. The van der Waals surface area contributed by atoms with Crippen LogP contribution in [0.2, 0.25) is 0 Å². The van der Waals surface area contributed by atoms with Crippen molar-refractivity contribution in [2.75, 3.05) is 0 Å². The highest BCUT2D eigenvalue weighted by atomic mass is 16.7. The van der Waals surface area contributed by atoms with Gasteiger partial charge < -0.3 is 15.7 Å². The van der Waals surface area contributed by atoms with Gasteiger partial charge in [0.1, 0.15) is 12.1 Å². The third kappa shape index (κ3) is 5.41. The maximum atomic E-state index is 11.9. The van der Waals surface area contributed by atoms with Crippen molar-refractivity contribution in [3.8, 4) is 0 Å². The van der Waals surface area contributed by atoms with E-state index in [0.29, 0.717) is 5.69 Å². The van der Waals surface area contributed by atoms with Crippen LogP contribution < -0.4 is 11.2 Å². The van der Waals surface area contributed by atoms with E-state index in [1.807, 2.05) is 0 Å². The molecule has 0 unspecified atom stereocenters. The Kier molecular flexibility index (Phi) is 6.35. The first-order valence-electron chi connectivity index (χ1n) is 7.29. The number of aliphatic carboxylic acids is 1. The summed E-state index contributed by atoms with van der Waals surface area (Å²) < 4.78 is 0. The fraction of sp³-hybridized carbons (Fsp3) is 0.250. The van der Waals surface area contributed by atoms with Crippen LogP contribution in [0.4, 0.5) is 0 Å². The van der Waals surface area contributed by atoms with Crippen molar-refractivity contribution >= 4 is 11.9 Å². The molecule has 24 heavy (non-hydrogen) atoms. The second kappa shape index (κ2) is 8.70. The highest BCUT2D eigenvalue weighted by Gasteiger charge is 2.23. The standard InChI is InChI=1S/C16H18N4O4/c17-13(8-11-4-3-6-18-10-11)16(23)24-20-14(15(21)22)9-12-5-1-2-7-19-12/h1-7,10,13-14,20H,8-9,17H2,(H,21,22)/t13-,14-/m0/s1. The largest absolute Gasteiger partial charge is 0.480 e. The monoisotopic (exact) mass is 330 g/mol. The predicted molar refractivity (Wildman–Crippen MR) is 84.5 cm³/mol. The molecule has 0 saturated carbocycles. The minimum absolute atomic E-state index is 0.0707. The van der Waals surface area contributed by atoms with E-state index in [9.17, 15) is 14.7 Å². The molecule has 2 atom stereocenters. The Labute approximate surface area is 138 Å². The lowest BCUT2D eigenvalue weighted by Crippen LogP contribution is -2.44. The van der Waals surface area contributed by atoms with Gasteiger partial charge in [-0.1, -0.05) is 12.1 Å². The molecular formula is C16H18N4O4. The number of hydrogen-bond donors (Lipinski definition) is 3. The summed E-state index contributed by atoms with van der Waals surface area (Å²) in [5.41, 5.74) is 9.36. The highest BCUT2D eigenvalue weighted by molar-refractivity contribution is 5.77. The Morgan fingerprint density at radius 2 is 2.04 bits per heavy atom. The number of nitrogens with zero attached hydrogens (tertiary/aromatic N) is 2. The Bertz CT molecular complexity index is 666. The van der Waals surface area contributed by atoms with Gasteiger partial charge >= 0.3 is 11.9 Å². The van der Waals surface area contributed by atoms with E-state index in [2.05, 4.69) is 15.4 Å². The minimum Gasteiger partial charge on any atom is -0.480 e. The van der Waals surface area contributed by atoms with Crippen molar-refractivity contribution < 1.29 is 19.5 Å². The van der Waals surface area contributed by atoms with Crippen molar-refractivity contribution in [2.24, 2.45) is 5.73 Å². The van der Waals surface area contributed by atoms with Gasteiger partial charge in [-0.25, -0.2) is 4.79 Å². The van der Waals surface area contributed by atoms with Crippen LogP contribution in [-0.4, -0.2) is 39.1 Å². The molecule has 126 valence electrons. The zero-order valence-corrected chi connectivity index (χ0v) is 12.8. The first-order chi connectivity index (χ1) is 11.6. The molecular weight excluding hydrogens is 312 g/mol. The number of hydroxylamine groups is 1. The highest BCUT2D eigenvalue weighted by Crippen LogP contribution is 2.03. The number of pyridine rings is 2. The maximum Gasteiger partial charge on any atom is 0.341 e. The maximum absolute atomic E-state index is 11.9. The number of carbonyl (C=O) groups excluding carboxylic acids is 1. The second-order valence-corrected chi connectivity index (χ2v) is 5.13. The molecule has 2 aromatic heterocycles. The van der Waals surface area contributed by atoms with Crippen molar-refractivity contribution in [3.05, 3.63) is 60.2 Å². The number of rotatable bonds is 8. The smallest absolute Gasteiger partial charge is 0.341 e. The number of carboxylic acid groups (broad SMARTS) is 1. The molecule has 0 aliphatic heterocycles. The van der Waals surface area contributed by atoms with E-state index in [1.165, 1.54) is 0 Å². The molecule has 2 aromatic rings. The number of hydrogen-bond acceptors (Lipinski definition) is 7.